The molecule has 0 radical (unpaired) electrons. The minimum Gasteiger partial charge on any atom is -0.319 e. The summed E-state index contributed by atoms with van der Waals surface area (Å²) < 4.78 is 0. The number of carbonyl (C=O) groups is 2. The van der Waals surface area contributed by atoms with Crippen molar-refractivity contribution in [1.29, 1.82) is 0 Å². The average Bonchev–Trinajstić information content (AvgIpc) is 2.81. The van der Waals surface area contributed by atoms with E-state index in [2.05, 4.69) is 5.32 Å². The summed E-state index contributed by atoms with van der Waals surface area (Å²) >= 11 is 7.46. The zero-order chi connectivity index (χ0) is 18.0. The molecule has 0 spiro atoms. The Bertz CT molecular complexity index is 792. The summed E-state index contributed by atoms with van der Waals surface area (Å²) in [5.41, 5.74) is 0.903. The van der Waals surface area contributed by atoms with E-state index in [4.69, 9.17) is 11.6 Å². The second kappa shape index (κ2) is 7.10. The Morgan fingerprint density at radius 3 is 2.36 bits per heavy atom. The van der Waals surface area contributed by atoms with Crippen LogP contribution < -0.4 is 5.32 Å². The number of benzene rings is 2. The predicted octanol–water partition coefficient (Wildman–Crippen LogP) is 4.21. The highest BCUT2D eigenvalue weighted by atomic mass is 35.5. The van der Waals surface area contributed by atoms with Gasteiger partial charge in [0.2, 0.25) is 0 Å². The molecule has 3 rings (SSSR count). The Kier molecular flexibility index (Phi) is 5.06. The van der Waals surface area contributed by atoms with E-state index in [1.54, 1.807) is 18.7 Å². The summed E-state index contributed by atoms with van der Waals surface area (Å²) in [6.45, 7) is 4.10. The SMILES string of the molecule is Cc1ccc([C@@]2(C)NC(=O)N(CCSc3ccc(Cl)cc3)C2=O)cc1. The maximum atomic E-state index is 12.8. The quantitative estimate of drug-likeness (QED) is 0.630. The van der Waals surface area contributed by atoms with Crippen molar-refractivity contribution in [3.8, 4) is 0 Å². The van der Waals surface area contributed by atoms with Gasteiger partial charge in [0.25, 0.3) is 5.91 Å². The molecule has 4 nitrogen and oxygen atoms in total. The first-order valence-electron chi connectivity index (χ1n) is 8.00. The average molecular weight is 375 g/mol. The Morgan fingerprint density at radius 1 is 1.08 bits per heavy atom. The second-order valence-electron chi connectivity index (χ2n) is 6.18. The van der Waals surface area contributed by atoms with Crippen molar-refractivity contribution < 1.29 is 9.59 Å². The number of nitrogens with one attached hydrogen (secondary N) is 1. The molecule has 1 N–H and O–H groups in total. The fourth-order valence-electron chi connectivity index (χ4n) is 2.77. The lowest BCUT2D eigenvalue weighted by Gasteiger charge is -2.22. The molecule has 0 unspecified atom stereocenters. The van der Waals surface area contributed by atoms with Crippen LogP contribution in [-0.4, -0.2) is 29.1 Å². The number of halogens is 1. The van der Waals surface area contributed by atoms with Gasteiger partial charge in [0.05, 0.1) is 0 Å². The van der Waals surface area contributed by atoms with E-state index in [1.165, 1.54) is 4.90 Å². The molecule has 0 saturated carbocycles. The molecule has 2 aromatic carbocycles. The third-order valence-corrected chi connectivity index (χ3v) is 5.55. The molecule has 0 bridgehead atoms. The first-order valence-corrected chi connectivity index (χ1v) is 9.36. The van der Waals surface area contributed by atoms with Crippen molar-refractivity contribution >= 4 is 35.3 Å². The normalized spacial score (nSPS) is 20.0. The Morgan fingerprint density at radius 2 is 1.72 bits per heavy atom. The van der Waals surface area contributed by atoms with E-state index in [9.17, 15) is 9.59 Å². The van der Waals surface area contributed by atoms with Crippen LogP contribution in [-0.2, 0) is 10.3 Å². The fraction of sp³-hybridized carbons (Fsp3) is 0.263. The number of imide groups is 1. The van der Waals surface area contributed by atoms with Crippen molar-refractivity contribution in [3.05, 3.63) is 64.7 Å². The molecule has 25 heavy (non-hydrogen) atoms. The Hall–Kier alpha value is -1.98. The van der Waals surface area contributed by atoms with Gasteiger partial charge in [-0.05, 0) is 43.7 Å². The number of hydrogen-bond donors (Lipinski definition) is 1. The van der Waals surface area contributed by atoms with Crippen LogP contribution in [0, 0.1) is 6.92 Å². The van der Waals surface area contributed by atoms with Gasteiger partial charge in [-0.1, -0.05) is 41.4 Å². The molecular weight excluding hydrogens is 356 g/mol. The van der Waals surface area contributed by atoms with Gasteiger partial charge in [0.1, 0.15) is 5.54 Å². The van der Waals surface area contributed by atoms with Crippen molar-refractivity contribution in [2.75, 3.05) is 12.3 Å². The van der Waals surface area contributed by atoms with Gasteiger partial charge in [0.15, 0.2) is 0 Å². The van der Waals surface area contributed by atoms with E-state index >= 15 is 0 Å². The Balaban J connectivity index is 1.66. The molecule has 2 aromatic rings. The molecular formula is C19H19ClN2O2S. The molecule has 3 amide bonds. The summed E-state index contributed by atoms with van der Waals surface area (Å²) in [6.07, 6.45) is 0. The van der Waals surface area contributed by atoms with Crippen LogP contribution in [0.5, 0.6) is 0 Å². The number of rotatable bonds is 5. The molecule has 1 saturated heterocycles. The molecule has 1 heterocycles. The molecule has 0 aliphatic carbocycles. The molecule has 1 aliphatic heterocycles. The summed E-state index contributed by atoms with van der Waals surface area (Å²) in [6, 6.07) is 14.8. The van der Waals surface area contributed by atoms with E-state index in [0.717, 1.165) is 16.0 Å². The van der Waals surface area contributed by atoms with Crippen LogP contribution in [0.4, 0.5) is 4.79 Å². The molecule has 130 valence electrons. The van der Waals surface area contributed by atoms with Crippen LogP contribution >= 0.6 is 23.4 Å². The van der Waals surface area contributed by atoms with Gasteiger partial charge in [-0.3, -0.25) is 9.69 Å². The topological polar surface area (TPSA) is 49.4 Å². The standard InChI is InChI=1S/C19H19ClN2O2S/c1-13-3-5-14(6-4-13)19(2)17(23)22(18(24)21-19)11-12-25-16-9-7-15(20)8-10-16/h3-10H,11-12H2,1-2H3,(H,21,24)/t19-/m1/s1. The zero-order valence-electron chi connectivity index (χ0n) is 14.1. The van der Waals surface area contributed by atoms with Crippen LogP contribution in [0.25, 0.3) is 0 Å². The van der Waals surface area contributed by atoms with Crippen LogP contribution in [0.1, 0.15) is 18.1 Å². The van der Waals surface area contributed by atoms with Crippen LogP contribution in [0.15, 0.2) is 53.4 Å². The van der Waals surface area contributed by atoms with Gasteiger partial charge in [-0.25, -0.2) is 4.79 Å². The molecule has 1 fully saturated rings. The number of nitrogens with zero attached hydrogens (tertiary/aromatic N) is 1. The van der Waals surface area contributed by atoms with Crippen molar-refractivity contribution in [1.82, 2.24) is 10.2 Å². The highest BCUT2D eigenvalue weighted by Crippen LogP contribution is 2.29. The van der Waals surface area contributed by atoms with Gasteiger partial charge in [-0.2, -0.15) is 0 Å². The third kappa shape index (κ3) is 3.67. The number of urea groups is 1. The lowest BCUT2D eigenvalue weighted by molar-refractivity contribution is -0.130. The maximum Gasteiger partial charge on any atom is 0.325 e. The van der Waals surface area contributed by atoms with Crippen molar-refractivity contribution in [2.45, 2.75) is 24.3 Å². The predicted molar refractivity (Wildman–Crippen MR) is 101 cm³/mol. The number of amides is 3. The van der Waals surface area contributed by atoms with Gasteiger partial charge in [-0.15, -0.1) is 11.8 Å². The number of aryl methyl sites for hydroxylation is 1. The van der Waals surface area contributed by atoms with Crippen molar-refractivity contribution in [2.24, 2.45) is 0 Å². The van der Waals surface area contributed by atoms with Gasteiger partial charge in [0, 0.05) is 22.2 Å². The zero-order valence-corrected chi connectivity index (χ0v) is 15.7. The minimum atomic E-state index is -1.00. The lowest BCUT2D eigenvalue weighted by Crippen LogP contribution is -2.41. The highest BCUT2D eigenvalue weighted by molar-refractivity contribution is 7.99. The highest BCUT2D eigenvalue weighted by Gasteiger charge is 2.48. The number of thioether (sulfide) groups is 1. The number of hydrogen-bond acceptors (Lipinski definition) is 3. The molecule has 0 aromatic heterocycles. The summed E-state index contributed by atoms with van der Waals surface area (Å²) in [7, 11) is 0. The second-order valence-corrected chi connectivity index (χ2v) is 7.79. The largest absolute Gasteiger partial charge is 0.325 e. The third-order valence-electron chi connectivity index (χ3n) is 4.30. The fourth-order valence-corrected chi connectivity index (χ4v) is 3.73. The van der Waals surface area contributed by atoms with Crippen LogP contribution in [0.2, 0.25) is 5.02 Å². The van der Waals surface area contributed by atoms with Crippen molar-refractivity contribution in [3.63, 3.8) is 0 Å². The summed E-state index contributed by atoms with van der Waals surface area (Å²) in [4.78, 5) is 27.5. The van der Waals surface area contributed by atoms with Gasteiger partial charge < -0.3 is 5.32 Å². The van der Waals surface area contributed by atoms with E-state index < -0.39 is 5.54 Å². The van der Waals surface area contributed by atoms with E-state index in [-0.39, 0.29) is 11.9 Å². The summed E-state index contributed by atoms with van der Waals surface area (Å²) in [5, 5.41) is 3.52. The molecule has 1 aliphatic rings. The Labute approximate surface area is 156 Å². The lowest BCUT2D eigenvalue weighted by atomic mass is 9.91. The minimum absolute atomic E-state index is 0.210. The van der Waals surface area contributed by atoms with Gasteiger partial charge >= 0.3 is 6.03 Å². The molecule has 1 atom stereocenters. The smallest absolute Gasteiger partial charge is 0.319 e. The first kappa shape index (κ1) is 17.8. The number of carbonyl (C=O) groups excluding carboxylic acids is 2. The van der Waals surface area contributed by atoms with E-state index in [0.29, 0.717) is 17.3 Å². The monoisotopic (exact) mass is 374 g/mol. The molecule has 6 heteroatoms. The van der Waals surface area contributed by atoms with E-state index in [1.807, 2.05) is 55.5 Å². The maximum absolute atomic E-state index is 12.8. The first-order chi connectivity index (χ1) is 11.9. The summed E-state index contributed by atoms with van der Waals surface area (Å²) in [5.74, 6) is 0.420. The van der Waals surface area contributed by atoms with Crippen LogP contribution in [0.3, 0.4) is 0 Å².